The number of rotatable bonds is 3. The molecule has 128 valence electrons. The fourth-order valence-electron chi connectivity index (χ4n) is 3.25. The van der Waals surface area contributed by atoms with Crippen LogP contribution in [0.15, 0.2) is 23.1 Å². The van der Waals surface area contributed by atoms with Crippen molar-refractivity contribution in [2.24, 2.45) is 11.8 Å². The van der Waals surface area contributed by atoms with E-state index in [-0.39, 0.29) is 31.4 Å². The molecular formula is C13H17ClFN3O4S. The molecule has 0 aliphatic carbocycles. The molecule has 1 N–H and O–H groups in total. The maximum absolute atomic E-state index is 14.0. The van der Waals surface area contributed by atoms with Crippen LogP contribution >= 0.6 is 12.4 Å². The van der Waals surface area contributed by atoms with E-state index in [4.69, 9.17) is 0 Å². The zero-order valence-corrected chi connectivity index (χ0v) is 13.8. The highest BCUT2D eigenvalue weighted by atomic mass is 35.5. The van der Waals surface area contributed by atoms with E-state index in [0.717, 1.165) is 31.3 Å². The van der Waals surface area contributed by atoms with Crippen LogP contribution in [0.3, 0.4) is 0 Å². The maximum atomic E-state index is 14.0. The zero-order chi connectivity index (χ0) is 15.9. The first-order valence-corrected chi connectivity index (χ1v) is 8.49. The van der Waals surface area contributed by atoms with Gasteiger partial charge in [0, 0.05) is 19.2 Å². The fraction of sp³-hybridized carbons (Fsp3) is 0.538. The van der Waals surface area contributed by atoms with Gasteiger partial charge in [-0.15, -0.1) is 12.4 Å². The highest BCUT2D eigenvalue weighted by Gasteiger charge is 2.41. The van der Waals surface area contributed by atoms with E-state index in [1.165, 1.54) is 4.31 Å². The van der Waals surface area contributed by atoms with E-state index >= 15 is 0 Å². The lowest BCUT2D eigenvalue weighted by Crippen LogP contribution is -2.43. The molecule has 2 fully saturated rings. The van der Waals surface area contributed by atoms with Crippen LogP contribution in [0.2, 0.25) is 0 Å². The fourth-order valence-corrected chi connectivity index (χ4v) is 4.96. The molecule has 10 heteroatoms. The second kappa shape index (κ2) is 6.68. The minimum atomic E-state index is -4.22. The van der Waals surface area contributed by atoms with Crippen LogP contribution < -0.4 is 5.32 Å². The van der Waals surface area contributed by atoms with Gasteiger partial charge in [-0.25, -0.2) is 12.8 Å². The molecule has 0 amide bonds. The summed E-state index contributed by atoms with van der Waals surface area (Å²) in [7, 11) is -4.22. The number of nitrogens with one attached hydrogen (secondary N) is 1. The van der Waals surface area contributed by atoms with Crippen molar-refractivity contribution >= 4 is 28.1 Å². The molecule has 2 aliphatic heterocycles. The normalized spacial score (nSPS) is 24.7. The van der Waals surface area contributed by atoms with Crippen LogP contribution in [0.5, 0.6) is 0 Å². The average Bonchev–Trinajstić information content (AvgIpc) is 2.93. The predicted octanol–water partition coefficient (Wildman–Crippen LogP) is 1.39. The summed E-state index contributed by atoms with van der Waals surface area (Å²) >= 11 is 0. The first-order chi connectivity index (χ1) is 10.4. The summed E-state index contributed by atoms with van der Waals surface area (Å²) in [4.78, 5) is 9.34. The number of benzene rings is 1. The quantitative estimate of drug-likeness (QED) is 0.645. The molecule has 0 radical (unpaired) electrons. The molecule has 0 spiro atoms. The molecule has 7 nitrogen and oxygen atoms in total. The Morgan fingerprint density at radius 1 is 1.30 bits per heavy atom. The third-order valence-corrected chi connectivity index (χ3v) is 6.34. The Morgan fingerprint density at radius 3 is 2.70 bits per heavy atom. The van der Waals surface area contributed by atoms with Gasteiger partial charge in [0.1, 0.15) is 5.82 Å². The molecular weight excluding hydrogens is 349 g/mol. The maximum Gasteiger partial charge on any atom is 0.292 e. The largest absolute Gasteiger partial charge is 0.316 e. The van der Waals surface area contributed by atoms with E-state index in [0.29, 0.717) is 12.3 Å². The van der Waals surface area contributed by atoms with Crippen molar-refractivity contribution in [2.45, 2.75) is 11.3 Å². The first-order valence-electron chi connectivity index (χ1n) is 7.05. The summed E-state index contributed by atoms with van der Waals surface area (Å²) in [6.07, 6.45) is 0.680. The molecule has 2 heterocycles. The lowest BCUT2D eigenvalue weighted by atomic mass is 9.90. The second-order valence-corrected chi connectivity index (χ2v) is 7.55. The van der Waals surface area contributed by atoms with Crippen molar-refractivity contribution in [3.05, 3.63) is 34.1 Å². The molecule has 1 aromatic carbocycles. The molecule has 0 aromatic heterocycles. The Kier molecular flexibility index (Phi) is 5.24. The number of halogens is 2. The molecule has 1 aromatic rings. The smallest absolute Gasteiger partial charge is 0.292 e. The summed E-state index contributed by atoms with van der Waals surface area (Å²) in [5.41, 5.74) is -0.716. The Bertz CT molecular complexity index is 715. The van der Waals surface area contributed by atoms with Crippen molar-refractivity contribution in [1.29, 1.82) is 0 Å². The second-order valence-electron chi connectivity index (χ2n) is 5.68. The van der Waals surface area contributed by atoms with Crippen LogP contribution in [0.4, 0.5) is 10.1 Å². The number of nitro benzene ring substituents is 1. The van der Waals surface area contributed by atoms with Gasteiger partial charge in [-0.05, 0) is 37.4 Å². The Hall–Kier alpha value is -1.29. The summed E-state index contributed by atoms with van der Waals surface area (Å²) in [6.45, 7) is 2.11. The van der Waals surface area contributed by atoms with Crippen molar-refractivity contribution < 1.29 is 17.7 Å². The monoisotopic (exact) mass is 365 g/mol. The highest BCUT2D eigenvalue weighted by Crippen LogP contribution is 2.34. The number of sulfonamides is 1. The zero-order valence-electron chi connectivity index (χ0n) is 12.1. The predicted molar refractivity (Wildman–Crippen MR) is 83.5 cm³/mol. The SMILES string of the molecule is Cl.O=[N+]([O-])c1cccc(F)c1S(=O)(=O)N1CCC2CNCC2C1. The van der Waals surface area contributed by atoms with Gasteiger partial charge in [-0.2, -0.15) is 4.31 Å². The van der Waals surface area contributed by atoms with Gasteiger partial charge in [-0.3, -0.25) is 10.1 Å². The van der Waals surface area contributed by atoms with Crippen molar-refractivity contribution in [2.75, 3.05) is 26.2 Å². The number of piperidine rings is 1. The first kappa shape index (κ1) is 18.1. The van der Waals surface area contributed by atoms with Crippen molar-refractivity contribution in [3.8, 4) is 0 Å². The summed E-state index contributed by atoms with van der Waals surface area (Å²) in [5, 5.41) is 14.2. The van der Waals surface area contributed by atoms with Crippen molar-refractivity contribution in [3.63, 3.8) is 0 Å². The molecule has 2 saturated heterocycles. The molecule has 2 atom stereocenters. The number of fused-ring (bicyclic) bond motifs is 1. The van der Waals surface area contributed by atoms with Crippen LogP contribution in [0.25, 0.3) is 0 Å². The molecule has 0 bridgehead atoms. The summed E-state index contributed by atoms with van der Waals surface area (Å²) < 4.78 is 40.5. The number of nitrogens with zero attached hydrogens (tertiary/aromatic N) is 2. The van der Waals surface area contributed by atoms with Crippen LogP contribution in [0.1, 0.15) is 6.42 Å². The molecule has 23 heavy (non-hydrogen) atoms. The lowest BCUT2D eigenvalue weighted by molar-refractivity contribution is -0.388. The van der Waals surface area contributed by atoms with Gasteiger partial charge in [-0.1, -0.05) is 6.07 Å². The molecule has 2 aliphatic rings. The Morgan fingerprint density at radius 2 is 2.00 bits per heavy atom. The molecule has 0 saturated carbocycles. The number of hydrogen-bond donors (Lipinski definition) is 1. The van der Waals surface area contributed by atoms with E-state index in [1.54, 1.807) is 0 Å². The third-order valence-electron chi connectivity index (χ3n) is 4.41. The molecule has 2 unspecified atom stereocenters. The topological polar surface area (TPSA) is 92.5 Å². The average molecular weight is 366 g/mol. The minimum absolute atomic E-state index is 0. The highest BCUT2D eigenvalue weighted by molar-refractivity contribution is 7.89. The number of hydrogen-bond acceptors (Lipinski definition) is 5. The van der Waals surface area contributed by atoms with Crippen LogP contribution in [-0.4, -0.2) is 43.8 Å². The summed E-state index contributed by atoms with van der Waals surface area (Å²) in [6, 6.07) is 3.09. The van der Waals surface area contributed by atoms with Gasteiger partial charge in [0.15, 0.2) is 4.90 Å². The number of nitro groups is 1. The van der Waals surface area contributed by atoms with Gasteiger partial charge >= 0.3 is 0 Å². The van der Waals surface area contributed by atoms with Gasteiger partial charge in [0.25, 0.3) is 15.7 Å². The van der Waals surface area contributed by atoms with E-state index < -0.39 is 31.3 Å². The van der Waals surface area contributed by atoms with E-state index in [2.05, 4.69) is 5.32 Å². The standard InChI is InChI=1S/C13H16FN3O4S.ClH/c14-11-2-1-3-12(17(18)19)13(11)22(20,21)16-5-4-9-6-15-7-10(9)8-16;/h1-3,9-10,15H,4-8H2;1H. The Labute approximate surface area is 139 Å². The van der Waals surface area contributed by atoms with Gasteiger partial charge in [0.2, 0.25) is 0 Å². The minimum Gasteiger partial charge on any atom is -0.316 e. The van der Waals surface area contributed by atoms with E-state index in [9.17, 15) is 22.9 Å². The van der Waals surface area contributed by atoms with Crippen LogP contribution in [-0.2, 0) is 10.0 Å². The summed E-state index contributed by atoms with van der Waals surface area (Å²) in [5.74, 6) is -0.489. The van der Waals surface area contributed by atoms with Crippen molar-refractivity contribution in [1.82, 2.24) is 9.62 Å². The van der Waals surface area contributed by atoms with E-state index in [1.807, 2.05) is 0 Å². The third kappa shape index (κ3) is 3.18. The van der Waals surface area contributed by atoms with Gasteiger partial charge < -0.3 is 5.32 Å². The molecule has 3 rings (SSSR count). The lowest BCUT2D eigenvalue weighted by Gasteiger charge is -2.33. The van der Waals surface area contributed by atoms with Crippen LogP contribution in [0, 0.1) is 27.8 Å². The van der Waals surface area contributed by atoms with Gasteiger partial charge in [0.05, 0.1) is 4.92 Å². The Balaban J connectivity index is 0.00000192.